The number of benzene rings is 1. The Morgan fingerprint density at radius 2 is 2.10 bits per heavy atom. The van der Waals surface area contributed by atoms with Crippen LogP contribution in [0.5, 0.6) is 5.75 Å². The summed E-state index contributed by atoms with van der Waals surface area (Å²) >= 11 is 0. The molecule has 0 amide bonds. The van der Waals surface area contributed by atoms with Crippen LogP contribution in [0, 0.1) is 5.92 Å². The zero-order chi connectivity index (χ0) is 14.2. The molecule has 0 saturated heterocycles. The average Bonchev–Trinajstić information content (AvgIpc) is 2.44. The van der Waals surface area contributed by atoms with Gasteiger partial charge in [0.05, 0.1) is 13.2 Å². The topological polar surface area (TPSA) is 30.5 Å². The molecule has 1 saturated carbocycles. The Bertz CT molecular complexity index is 390. The fourth-order valence-electron chi connectivity index (χ4n) is 2.62. The summed E-state index contributed by atoms with van der Waals surface area (Å²) in [5, 5.41) is 3.38. The number of nitrogens with one attached hydrogen (secondary N) is 1. The highest BCUT2D eigenvalue weighted by atomic mass is 16.5. The van der Waals surface area contributed by atoms with Gasteiger partial charge in [0.2, 0.25) is 0 Å². The number of likely N-dealkylation sites (N-methyl/N-ethyl adjacent to an activating group) is 1. The predicted octanol–water partition coefficient (Wildman–Crippen LogP) is 3.55. The van der Waals surface area contributed by atoms with Crippen LogP contribution in [0.15, 0.2) is 24.3 Å². The molecule has 2 rings (SSSR count). The van der Waals surface area contributed by atoms with E-state index in [4.69, 9.17) is 9.47 Å². The molecule has 3 nitrogen and oxygen atoms in total. The van der Waals surface area contributed by atoms with Crippen LogP contribution in [0.4, 0.5) is 0 Å². The van der Waals surface area contributed by atoms with Crippen molar-refractivity contribution in [2.24, 2.45) is 5.92 Å². The van der Waals surface area contributed by atoms with Gasteiger partial charge < -0.3 is 14.8 Å². The molecule has 1 unspecified atom stereocenters. The lowest BCUT2D eigenvalue weighted by Gasteiger charge is -2.27. The zero-order valence-electron chi connectivity index (χ0n) is 12.7. The van der Waals surface area contributed by atoms with Gasteiger partial charge in [0.25, 0.3) is 0 Å². The minimum Gasteiger partial charge on any atom is -0.496 e. The third kappa shape index (κ3) is 4.22. The monoisotopic (exact) mass is 277 g/mol. The van der Waals surface area contributed by atoms with Crippen LogP contribution in [-0.2, 0) is 4.74 Å². The highest BCUT2D eigenvalue weighted by Gasteiger charge is 2.20. The molecule has 3 heteroatoms. The third-order valence-electron chi connectivity index (χ3n) is 4.14. The normalized spacial score (nSPS) is 16.7. The first-order chi connectivity index (χ1) is 9.85. The summed E-state index contributed by atoms with van der Waals surface area (Å²) in [6.07, 6.45) is 5.44. The molecule has 1 aliphatic carbocycles. The highest BCUT2D eigenvalue weighted by molar-refractivity contribution is 5.35. The molecule has 0 bridgehead atoms. The molecule has 0 aromatic heterocycles. The number of methoxy groups -OCH3 is 1. The Labute approximate surface area is 122 Å². The summed E-state index contributed by atoms with van der Waals surface area (Å²) in [7, 11) is 1.72. The molecular formula is C17H27NO2. The van der Waals surface area contributed by atoms with Crippen molar-refractivity contribution in [3.63, 3.8) is 0 Å². The Kier molecular flexibility index (Phi) is 6.34. The SMILES string of the molecule is CCNCC(OCCC1CCC1)c1ccccc1OC. The summed E-state index contributed by atoms with van der Waals surface area (Å²) in [6.45, 7) is 4.76. The van der Waals surface area contributed by atoms with Crippen LogP contribution in [0.2, 0.25) is 0 Å². The summed E-state index contributed by atoms with van der Waals surface area (Å²) < 4.78 is 11.6. The second kappa shape index (κ2) is 8.28. The van der Waals surface area contributed by atoms with Crippen LogP contribution >= 0.6 is 0 Å². The lowest BCUT2D eigenvalue weighted by atomic mass is 9.83. The van der Waals surface area contributed by atoms with Crippen molar-refractivity contribution in [3.05, 3.63) is 29.8 Å². The van der Waals surface area contributed by atoms with E-state index in [1.165, 1.54) is 25.7 Å². The third-order valence-corrected chi connectivity index (χ3v) is 4.14. The van der Waals surface area contributed by atoms with E-state index in [1.54, 1.807) is 7.11 Å². The van der Waals surface area contributed by atoms with E-state index < -0.39 is 0 Å². The van der Waals surface area contributed by atoms with Crippen molar-refractivity contribution in [3.8, 4) is 5.75 Å². The van der Waals surface area contributed by atoms with Gasteiger partial charge in [-0.05, 0) is 24.9 Å². The first kappa shape index (κ1) is 15.3. The lowest BCUT2D eigenvalue weighted by molar-refractivity contribution is 0.0361. The molecule has 0 radical (unpaired) electrons. The van der Waals surface area contributed by atoms with E-state index in [1.807, 2.05) is 18.2 Å². The molecule has 1 aromatic rings. The van der Waals surface area contributed by atoms with Gasteiger partial charge in [-0.3, -0.25) is 0 Å². The van der Waals surface area contributed by atoms with Crippen LogP contribution in [0.25, 0.3) is 0 Å². The lowest BCUT2D eigenvalue weighted by Crippen LogP contribution is -2.24. The molecule has 1 N–H and O–H groups in total. The smallest absolute Gasteiger partial charge is 0.124 e. The summed E-state index contributed by atoms with van der Waals surface area (Å²) in [6, 6.07) is 8.15. The first-order valence-corrected chi connectivity index (χ1v) is 7.80. The van der Waals surface area contributed by atoms with Crippen LogP contribution in [0.1, 0.15) is 44.3 Å². The minimum atomic E-state index is 0.0752. The fourth-order valence-corrected chi connectivity index (χ4v) is 2.62. The van der Waals surface area contributed by atoms with E-state index in [9.17, 15) is 0 Å². The second-order valence-corrected chi connectivity index (χ2v) is 5.49. The van der Waals surface area contributed by atoms with Crippen LogP contribution < -0.4 is 10.1 Å². The number of para-hydroxylation sites is 1. The van der Waals surface area contributed by atoms with E-state index in [2.05, 4.69) is 18.3 Å². The Hall–Kier alpha value is -1.06. The molecule has 0 aliphatic heterocycles. The maximum atomic E-state index is 6.14. The summed E-state index contributed by atoms with van der Waals surface area (Å²) in [5.74, 6) is 1.81. The fraction of sp³-hybridized carbons (Fsp3) is 0.647. The molecule has 1 aliphatic rings. The highest BCUT2D eigenvalue weighted by Crippen LogP contribution is 2.31. The summed E-state index contributed by atoms with van der Waals surface area (Å²) in [4.78, 5) is 0. The van der Waals surface area contributed by atoms with Gasteiger partial charge >= 0.3 is 0 Å². The quantitative estimate of drug-likeness (QED) is 0.748. The van der Waals surface area contributed by atoms with Crippen LogP contribution in [0.3, 0.4) is 0 Å². The van der Waals surface area contributed by atoms with Crippen molar-refractivity contribution in [1.29, 1.82) is 0 Å². The van der Waals surface area contributed by atoms with E-state index in [0.717, 1.165) is 36.9 Å². The van der Waals surface area contributed by atoms with Crippen molar-refractivity contribution in [1.82, 2.24) is 5.32 Å². The predicted molar refractivity (Wildman–Crippen MR) is 82.2 cm³/mol. The minimum absolute atomic E-state index is 0.0752. The zero-order valence-corrected chi connectivity index (χ0v) is 12.7. The molecular weight excluding hydrogens is 250 g/mol. The Balaban J connectivity index is 1.93. The Morgan fingerprint density at radius 1 is 1.30 bits per heavy atom. The number of hydrogen-bond acceptors (Lipinski definition) is 3. The molecule has 0 spiro atoms. The molecule has 112 valence electrons. The second-order valence-electron chi connectivity index (χ2n) is 5.49. The van der Waals surface area contributed by atoms with Gasteiger partial charge in [-0.1, -0.05) is 44.4 Å². The largest absolute Gasteiger partial charge is 0.496 e. The van der Waals surface area contributed by atoms with Gasteiger partial charge in [-0.15, -0.1) is 0 Å². The number of rotatable bonds is 9. The van der Waals surface area contributed by atoms with Gasteiger partial charge in [0, 0.05) is 18.7 Å². The van der Waals surface area contributed by atoms with Crippen molar-refractivity contribution in [2.75, 3.05) is 26.8 Å². The number of hydrogen-bond donors (Lipinski definition) is 1. The number of ether oxygens (including phenoxy) is 2. The van der Waals surface area contributed by atoms with E-state index in [0.29, 0.717) is 0 Å². The van der Waals surface area contributed by atoms with Crippen molar-refractivity contribution < 1.29 is 9.47 Å². The molecule has 20 heavy (non-hydrogen) atoms. The van der Waals surface area contributed by atoms with Gasteiger partial charge in [0.15, 0.2) is 0 Å². The van der Waals surface area contributed by atoms with E-state index >= 15 is 0 Å². The van der Waals surface area contributed by atoms with E-state index in [-0.39, 0.29) is 6.10 Å². The standard InChI is InChI=1S/C17H27NO2/c1-3-18-13-17(20-12-11-14-7-6-8-14)15-9-4-5-10-16(15)19-2/h4-5,9-10,14,17-18H,3,6-8,11-13H2,1-2H3. The maximum Gasteiger partial charge on any atom is 0.124 e. The molecule has 1 aromatic carbocycles. The van der Waals surface area contributed by atoms with Crippen molar-refractivity contribution >= 4 is 0 Å². The van der Waals surface area contributed by atoms with Crippen molar-refractivity contribution in [2.45, 2.75) is 38.7 Å². The average molecular weight is 277 g/mol. The Morgan fingerprint density at radius 3 is 2.75 bits per heavy atom. The molecule has 1 atom stereocenters. The van der Waals surface area contributed by atoms with Gasteiger partial charge in [-0.2, -0.15) is 0 Å². The summed E-state index contributed by atoms with van der Waals surface area (Å²) in [5.41, 5.74) is 1.14. The molecule has 0 heterocycles. The first-order valence-electron chi connectivity index (χ1n) is 7.80. The van der Waals surface area contributed by atoms with Crippen LogP contribution in [-0.4, -0.2) is 26.8 Å². The van der Waals surface area contributed by atoms with Gasteiger partial charge in [-0.25, -0.2) is 0 Å². The van der Waals surface area contributed by atoms with Gasteiger partial charge in [0.1, 0.15) is 5.75 Å². The molecule has 1 fully saturated rings. The maximum absolute atomic E-state index is 6.14.